The zero-order chi connectivity index (χ0) is 21.6. The molecule has 2 aromatic rings. The molecule has 7 heteroatoms. The number of hydrogen-bond donors (Lipinski definition) is 1. The van der Waals surface area contributed by atoms with Crippen molar-refractivity contribution in [3.05, 3.63) is 35.4 Å². The van der Waals surface area contributed by atoms with Crippen molar-refractivity contribution in [2.45, 2.75) is 44.9 Å². The van der Waals surface area contributed by atoms with Crippen LogP contribution >= 0.6 is 11.6 Å². The van der Waals surface area contributed by atoms with E-state index in [9.17, 15) is 0 Å². The largest absolute Gasteiger partial charge is 0.381 e. The Morgan fingerprint density at radius 3 is 2.52 bits per heavy atom. The van der Waals surface area contributed by atoms with Crippen molar-refractivity contribution >= 4 is 17.4 Å². The van der Waals surface area contributed by atoms with Gasteiger partial charge < -0.3 is 15.4 Å². The lowest BCUT2D eigenvalue weighted by atomic mass is 9.80. The standard InChI is InChI=1S/C24H34ClN5O/c1-30(16-19-6-8-31-9-7-19)24-15-27-14-23(29-24)21-11-20(28-13-22(21)25)10-17-2-4-18(12-26)5-3-17/h11,13-15,17-19H,2-10,12,16,26H2,1H3. The van der Waals surface area contributed by atoms with Gasteiger partial charge in [-0.25, -0.2) is 4.98 Å². The van der Waals surface area contributed by atoms with Crippen molar-refractivity contribution in [2.24, 2.45) is 23.5 Å². The van der Waals surface area contributed by atoms with Crippen molar-refractivity contribution in [2.75, 3.05) is 38.3 Å². The third kappa shape index (κ3) is 5.93. The molecule has 2 aliphatic rings. The summed E-state index contributed by atoms with van der Waals surface area (Å²) in [6, 6.07) is 2.10. The first-order valence-electron chi connectivity index (χ1n) is 11.6. The predicted molar refractivity (Wildman–Crippen MR) is 125 cm³/mol. The third-order valence-electron chi connectivity index (χ3n) is 6.87. The molecule has 0 atom stereocenters. The van der Waals surface area contributed by atoms with Crippen LogP contribution in [0, 0.1) is 17.8 Å². The molecule has 2 aromatic heterocycles. The lowest BCUT2D eigenvalue weighted by molar-refractivity contribution is 0.0685. The van der Waals surface area contributed by atoms with E-state index in [0.717, 1.165) is 68.3 Å². The highest BCUT2D eigenvalue weighted by atomic mass is 35.5. The molecule has 0 spiro atoms. The second-order valence-corrected chi connectivity index (χ2v) is 9.59. The number of pyridine rings is 1. The Kier molecular flexibility index (Phi) is 7.75. The molecule has 0 unspecified atom stereocenters. The third-order valence-corrected chi connectivity index (χ3v) is 7.17. The fourth-order valence-electron chi connectivity index (χ4n) is 4.84. The number of halogens is 1. The summed E-state index contributed by atoms with van der Waals surface area (Å²) in [6.45, 7) is 3.48. The maximum absolute atomic E-state index is 6.53. The fraction of sp³-hybridized carbons (Fsp3) is 0.625. The number of rotatable bonds is 7. The number of nitrogens with two attached hydrogens (primary N) is 1. The van der Waals surface area contributed by atoms with E-state index in [4.69, 9.17) is 27.1 Å². The number of ether oxygens (including phenoxy) is 1. The molecule has 4 rings (SSSR count). The van der Waals surface area contributed by atoms with E-state index in [1.165, 1.54) is 25.7 Å². The summed E-state index contributed by atoms with van der Waals surface area (Å²) in [5, 5.41) is 0.620. The SMILES string of the molecule is CN(CC1CCOCC1)c1cncc(-c2cc(CC3CCC(CN)CC3)ncc2Cl)n1. The maximum atomic E-state index is 6.53. The summed E-state index contributed by atoms with van der Waals surface area (Å²) in [6.07, 6.45) is 13.5. The molecule has 0 amide bonds. The van der Waals surface area contributed by atoms with Crippen molar-refractivity contribution < 1.29 is 4.74 Å². The highest BCUT2D eigenvalue weighted by Crippen LogP contribution is 2.32. The molecule has 2 fully saturated rings. The second kappa shape index (κ2) is 10.7. The lowest BCUT2D eigenvalue weighted by Crippen LogP contribution is -2.30. The van der Waals surface area contributed by atoms with Crippen LogP contribution in [0.1, 0.15) is 44.2 Å². The fourth-order valence-corrected chi connectivity index (χ4v) is 5.04. The molecule has 0 aromatic carbocycles. The Hall–Kier alpha value is -1.76. The predicted octanol–water partition coefficient (Wildman–Crippen LogP) is 4.36. The van der Waals surface area contributed by atoms with Crippen LogP contribution in [0.25, 0.3) is 11.3 Å². The summed E-state index contributed by atoms with van der Waals surface area (Å²) >= 11 is 6.53. The molecule has 1 aliphatic heterocycles. The first-order chi connectivity index (χ1) is 15.1. The average Bonchev–Trinajstić information content (AvgIpc) is 2.81. The Bertz CT molecular complexity index is 850. The maximum Gasteiger partial charge on any atom is 0.147 e. The van der Waals surface area contributed by atoms with E-state index in [1.54, 1.807) is 12.4 Å². The minimum atomic E-state index is 0.620. The Morgan fingerprint density at radius 1 is 1.03 bits per heavy atom. The van der Waals surface area contributed by atoms with Gasteiger partial charge in [-0.1, -0.05) is 11.6 Å². The minimum absolute atomic E-state index is 0.620. The van der Waals surface area contributed by atoms with Crippen LogP contribution in [0.5, 0.6) is 0 Å². The van der Waals surface area contributed by atoms with Gasteiger partial charge >= 0.3 is 0 Å². The average molecular weight is 444 g/mol. The van der Waals surface area contributed by atoms with Crippen LogP contribution in [0.3, 0.4) is 0 Å². The molecule has 168 valence electrons. The van der Waals surface area contributed by atoms with E-state index >= 15 is 0 Å². The minimum Gasteiger partial charge on any atom is -0.381 e. The highest BCUT2D eigenvalue weighted by Gasteiger charge is 2.22. The topological polar surface area (TPSA) is 77.2 Å². The summed E-state index contributed by atoms with van der Waals surface area (Å²) in [5.41, 5.74) is 8.64. The molecule has 1 saturated heterocycles. The summed E-state index contributed by atoms with van der Waals surface area (Å²) < 4.78 is 5.48. The zero-order valence-electron chi connectivity index (χ0n) is 18.5. The zero-order valence-corrected chi connectivity index (χ0v) is 19.2. The van der Waals surface area contributed by atoms with Gasteiger partial charge in [0.2, 0.25) is 0 Å². The Balaban J connectivity index is 1.46. The molecule has 3 heterocycles. The van der Waals surface area contributed by atoms with Gasteiger partial charge in [0.1, 0.15) is 5.82 Å². The van der Waals surface area contributed by atoms with Crippen LogP contribution in [0.15, 0.2) is 24.7 Å². The van der Waals surface area contributed by atoms with E-state index in [1.807, 2.05) is 6.20 Å². The van der Waals surface area contributed by atoms with Gasteiger partial charge in [-0.05, 0) is 75.3 Å². The van der Waals surface area contributed by atoms with Gasteiger partial charge in [-0.15, -0.1) is 0 Å². The molecule has 0 bridgehead atoms. The normalized spacial score (nSPS) is 22.4. The summed E-state index contributed by atoms with van der Waals surface area (Å²) in [4.78, 5) is 16.1. The first-order valence-corrected chi connectivity index (χ1v) is 12.0. The summed E-state index contributed by atoms with van der Waals surface area (Å²) in [7, 11) is 2.08. The summed E-state index contributed by atoms with van der Waals surface area (Å²) in [5.74, 6) is 2.88. The number of hydrogen-bond acceptors (Lipinski definition) is 6. The lowest BCUT2D eigenvalue weighted by Gasteiger charge is -2.28. The van der Waals surface area contributed by atoms with E-state index < -0.39 is 0 Å². The first kappa shape index (κ1) is 22.4. The van der Waals surface area contributed by atoms with E-state index in [2.05, 4.69) is 28.0 Å². The van der Waals surface area contributed by atoms with Gasteiger partial charge in [-0.3, -0.25) is 9.97 Å². The monoisotopic (exact) mass is 443 g/mol. The molecule has 0 radical (unpaired) electrons. The van der Waals surface area contributed by atoms with Crippen LogP contribution in [0.2, 0.25) is 5.02 Å². The molecular formula is C24H34ClN5O. The van der Waals surface area contributed by atoms with Gasteiger partial charge in [0.25, 0.3) is 0 Å². The molecule has 1 saturated carbocycles. The Morgan fingerprint density at radius 2 is 1.77 bits per heavy atom. The van der Waals surface area contributed by atoms with Crippen molar-refractivity contribution in [3.63, 3.8) is 0 Å². The van der Waals surface area contributed by atoms with Gasteiger partial charge in [-0.2, -0.15) is 0 Å². The number of aromatic nitrogens is 3. The molecule has 6 nitrogen and oxygen atoms in total. The second-order valence-electron chi connectivity index (χ2n) is 9.18. The van der Waals surface area contributed by atoms with Gasteiger partial charge in [0.05, 0.1) is 23.1 Å². The van der Waals surface area contributed by atoms with Gasteiger partial charge in [0, 0.05) is 44.3 Å². The quantitative estimate of drug-likeness (QED) is 0.684. The van der Waals surface area contributed by atoms with E-state index in [-0.39, 0.29) is 0 Å². The van der Waals surface area contributed by atoms with Crippen molar-refractivity contribution in [1.82, 2.24) is 15.0 Å². The number of nitrogens with zero attached hydrogens (tertiary/aromatic N) is 4. The van der Waals surface area contributed by atoms with Crippen LogP contribution in [-0.4, -0.2) is 48.3 Å². The van der Waals surface area contributed by atoms with Crippen molar-refractivity contribution in [1.29, 1.82) is 0 Å². The smallest absolute Gasteiger partial charge is 0.147 e. The molecule has 2 N–H and O–H groups in total. The van der Waals surface area contributed by atoms with Gasteiger partial charge in [0.15, 0.2) is 0 Å². The molecule has 31 heavy (non-hydrogen) atoms. The van der Waals surface area contributed by atoms with Crippen LogP contribution in [-0.2, 0) is 11.2 Å². The number of anilines is 1. The Labute approximate surface area is 190 Å². The van der Waals surface area contributed by atoms with E-state index in [0.29, 0.717) is 22.8 Å². The highest BCUT2D eigenvalue weighted by molar-refractivity contribution is 6.33. The van der Waals surface area contributed by atoms with Crippen molar-refractivity contribution in [3.8, 4) is 11.3 Å². The molecule has 1 aliphatic carbocycles. The molecular weight excluding hydrogens is 410 g/mol. The van der Waals surface area contributed by atoms with Crippen LogP contribution in [0.4, 0.5) is 5.82 Å². The van der Waals surface area contributed by atoms with Crippen LogP contribution < -0.4 is 10.6 Å².